The number of fused-ring (bicyclic) bond motifs is 1. The summed E-state index contributed by atoms with van der Waals surface area (Å²) in [5.74, 6) is -1.38. The van der Waals surface area contributed by atoms with Crippen LogP contribution in [-0.2, 0) is 6.54 Å². The van der Waals surface area contributed by atoms with Gasteiger partial charge in [-0.1, -0.05) is 0 Å². The van der Waals surface area contributed by atoms with Gasteiger partial charge in [0.25, 0.3) is 0 Å². The molecular weight excluding hydrogens is 287 g/mol. The Kier molecular flexibility index (Phi) is 3.31. The van der Waals surface area contributed by atoms with Crippen LogP contribution in [0.1, 0.15) is 15.9 Å². The molecule has 0 fully saturated rings. The summed E-state index contributed by atoms with van der Waals surface area (Å²) in [6.07, 6.45) is 0. The molecule has 0 bridgehead atoms. The van der Waals surface area contributed by atoms with Gasteiger partial charge in [-0.15, -0.1) is 0 Å². The number of nitrogens with zero attached hydrogens (tertiary/aromatic N) is 2. The predicted octanol–water partition coefficient (Wildman–Crippen LogP) is 2.49. The molecule has 0 aliphatic carbocycles. The molecule has 108 valence electrons. The number of benzene rings is 2. The largest absolute Gasteiger partial charge is 0.420 e. The van der Waals surface area contributed by atoms with Gasteiger partial charge in [-0.2, -0.15) is 5.26 Å². The first-order chi connectivity index (χ1) is 10.6. The van der Waals surface area contributed by atoms with Crippen LogP contribution in [0, 0.1) is 17.1 Å². The number of hydrogen-bond acceptors (Lipinski definition) is 4. The highest BCUT2D eigenvalue weighted by atomic mass is 19.1. The molecule has 22 heavy (non-hydrogen) atoms. The molecule has 0 N–H and O–H groups in total. The smallest absolute Gasteiger partial charge is 0.408 e. The standard InChI is InChI=1S/C16H9FN2O3/c17-12-4-1-10(2-5-12)15(20)11-3-6-13-14(9-11)22-16(21)19(13)8-7-18/h1-6,9H,8H2. The molecule has 6 heteroatoms. The summed E-state index contributed by atoms with van der Waals surface area (Å²) in [6.45, 7) is -0.128. The van der Waals surface area contributed by atoms with Crippen molar-refractivity contribution in [2.45, 2.75) is 6.54 Å². The summed E-state index contributed by atoms with van der Waals surface area (Å²) in [7, 11) is 0. The molecule has 5 nitrogen and oxygen atoms in total. The van der Waals surface area contributed by atoms with Crippen LogP contribution in [0.25, 0.3) is 11.1 Å². The van der Waals surface area contributed by atoms with Gasteiger partial charge in [0.1, 0.15) is 12.4 Å². The van der Waals surface area contributed by atoms with Crippen LogP contribution in [0.3, 0.4) is 0 Å². The number of aromatic nitrogens is 1. The van der Waals surface area contributed by atoms with E-state index < -0.39 is 11.6 Å². The van der Waals surface area contributed by atoms with Crippen LogP contribution >= 0.6 is 0 Å². The number of halogens is 1. The Balaban J connectivity index is 2.06. The fraction of sp³-hybridized carbons (Fsp3) is 0.0625. The number of carbonyl (C=O) groups excluding carboxylic acids is 1. The third-order valence-electron chi connectivity index (χ3n) is 3.27. The van der Waals surface area contributed by atoms with E-state index in [4.69, 9.17) is 9.68 Å². The molecule has 3 rings (SSSR count). The molecule has 0 radical (unpaired) electrons. The summed E-state index contributed by atoms with van der Waals surface area (Å²) < 4.78 is 19.1. The van der Waals surface area contributed by atoms with E-state index in [1.54, 1.807) is 6.07 Å². The van der Waals surface area contributed by atoms with Crippen LogP contribution in [0.5, 0.6) is 0 Å². The van der Waals surface area contributed by atoms with Crippen molar-refractivity contribution in [1.82, 2.24) is 4.57 Å². The molecule has 3 aromatic rings. The van der Waals surface area contributed by atoms with Crippen molar-refractivity contribution >= 4 is 16.9 Å². The Labute approximate surface area is 123 Å². The van der Waals surface area contributed by atoms with E-state index in [1.807, 2.05) is 6.07 Å². The molecule has 0 saturated heterocycles. The number of oxazole rings is 1. The fourth-order valence-electron chi connectivity index (χ4n) is 2.20. The van der Waals surface area contributed by atoms with Gasteiger partial charge in [0, 0.05) is 11.1 Å². The molecular formula is C16H9FN2O3. The van der Waals surface area contributed by atoms with Crippen molar-refractivity contribution in [3.8, 4) is 6.07 Å². The van der Waals surface area contributed by atoms with Gasteiger partial charge in [-0.3, -0.25) is 9.36 Å². The molecule has 1 heterocycles. The summed E-state index contributed by atoms with van der Waals surface area (Å²) in [5.41, 5.74) is 1.33. The second-order valence-corrected chi connectivity index (χ2v) is 4.63. The highest BCUT2D eigenvalue weighted by molar-refractivity contribution is 6.10. The Hall–Kier alpha value is -3.20. The molecule has 1 aromatic heterocycles. The average molecular weight is 296 g/mol. The van der Waals surface area contributed by atoms with E-state index in [1.165, 1.54) is 41.0 Å². The quantitative estimate of drug-likeness (QED) is 0.696. The zero-order chi connectivity index (χ0) is 15.7. The van der Waals surface area contributed by atoms with Gasteiger partial charge >= 0.3 is 5.76 Å². The predicted molar refractivity (Wildman–Crippen MR) is 75.9 cm³/mol. The molecule has 0 saturated carbocycles. The SMILES string of the molecule is N#CCn1c(=O)oc2cc(C(=O)c3ccc(F)cc3)ccc21. The van der Waals surface area contributed by atoms with Crippen molar-refractivity contribution in [3.05, 3.63) is 70.0 Å². The van der Waals surface area contributed by atoms with Gasteiger partial charge in [0.2, 0.25) is 0 Å². The van der Waals surface area contributed by atoms with Crippen LogP contribution in [0.2, 0.25) is 0 Å². The molecule has 0 unspecified atom stereocenters. The summed E-state index contributed by atoms with van der Waals surface area (Å²) >= 11 is 0. The van der Waals surface area contributed by atoms with E-state index in [0.717, 1.165) is 0 Å². The third kappa shape index (κ3) is 2.29. The lowest BCUT2D eigenvalue weighted by molar-refractivity contribution is 0.103. The molecule has 0 atom stereocenters. The van der Waals surface area contributed by atoms with Crippen LogP contribution in [0.4, 0.5) is 4.39 Å². The maximum Gasteiger partial charge on any atom is 0.420 e. The maximum atomic E-state index is 12.9. The lowest BCUT2D eigenvalue weighted by Gasteiger charge is -2.01. The number of hydrogen-bond donors (Lipinski definition) is 0. The first-order valence-corrected chi connectivity index (χ1v) is 6.41. The van der Waals surface area contributed by atoms with E-state index in [-0.39, 0.29) is 17.9 Å². The zero-order valence-corrected chi connectivity index (χ0v) is 11.2. The second-order valence-electron chi connectivity index (χ2n) is 4.63. The highest BCUT2D eigenvalue weighted by Crippen LogP contribution is 2.18. The Morgan fingerprint density at radius 2 is 1.86 bits per heavy atom. The molecule has 2 aromatic carbocycles. The number of ketones is 1. The minimum Gasteiger partial charge on any atom is -0.408 e. The first-order valence-electron chi connectivity index (χ1n) is 6.41. The van der Waals surface area contributed by atoms with Gasteiger partial charge in [-0.05, 0) is 42.5 Å². The summed E-state index contributed by atoms with van der Waals surface area (Å²) in [4.78, 5) is 24.0. The lowest BCUT2D eigenvalue weighted by atomic mass is 10.0. The average Bonchev–Trinajstić information content (AvgIpc) is 2.83. The summed E-state index contributed by atoms with van der Waals surface area (Å²) in [6, 6.07) is 11.6. The van der Waals surface area contributed by atoms with Crippen molar-refractivity contribution in [1.29, 1.82) is 5.26 Å². The van der Waals surface area contributed by atoms with Crippen molar-refractivity contribution < 1.29 is 13.6 Å². The fourth-order valence-corrected chi connectivity index (χ4v) is 2.20. The van der Waals surface area contributed by atoms with Crippen LogP contribution in [0.15, 0.2) is 51.7 Å². The minimum atomic E-state index is -0.650. The second kappa shape index (κ2) is 5.30. The van der Waals surface area contributed by atoms with Gasteiger partial charge in [-0.25, -0.2) is 9.18 Å². The van der Waals surface area contributed by atoms with Crippen molar-refractivity contribution in [3.63, 3.8) is 0 Å². The summed E-state index contributed by atoms with van der Waals surface area (Å²) in [5, 5.41) is 8.70. The molecule has 0 aliphatic heterocycles. The molecule has 0 spiro atoms. The molecule has 0 amide bonds. The Bertz CT molecular complexity index is 962. The number of nitriles is 1. The van der Waals surface area contributed by atoms with Gasteiger partial charge in [0.15, 0.2) is 11.4 Å². The van der Waals surface area contributed by atoms with Crippen molar-refractivity contribution in [2.75, 3.05) is 0 Å². The van der Waals surface area contributed by atoms with Gasteiger partial charge in [0.05, 0.1) is 11.6 Å². The Morgan fingerprint density at radius 1 is 1.18 bits per heavy atom. The highest BCUT2D eigenvalue weighted by Gasteiger charge is 2.14. The van der Waals surface area contributed by atoms with Crippen LogP contribution < -0.4 is 5.76 Å². The third-order valence-corrected chi connectivity index (χ3v) is 3.27. The van der Waals surface area contributed by atoms with E-state index in [0.29, 0.717) is 16.6 Å². The lowest BCUT2D eigenvalue weighted by Crippen LogP contribution is -2.12. The van der Waals surface area contributed by atoms with Crippen LogP contribution in [-0.4, -0.2) is 10.4 Å². The van der Waals surface area contributed by atoms with E-state index >= 15 is 0 Å². The number of carbonyl (C=O) groups is 1. The maximum absolute atomic E-state index is 12.9. The molecule has 0 aliphatic rings. The van der Waals surface area contributed by atoms with E-state index in [2.05, 4.69) is 0 Å². The Morgan fingerprint density at radius 3 is 2.55 bits per heavy atom. The monoisotopic (exact) mass is 296 g/mol. The first kappa shape index (κ1) is 13.8. The topological polar surface area (TPSA) is 76.0 Å². The number of rotatable bonds is 3. The van der Waals surface area contributed by atoms with E-state index in [9.17, 15) is 14.0 Å². The van der Waals surface area contributed by atoms with Gasteiger partial charge < -0.3 is 4.42 Å². The van der Waals surface area contributed by atoms with Crippen molar-refractivity contribution in [2.24, 2.45) is 0 Å². The normalized spacial score (nSPS) is 10.5. The zero-order valence-electron chi connectivity index (χ0n) is 11.2. The minimum absolute atomic E-state index is 0.128.